The summed E-state index contributed by atoms with van der Waals surface area (Å²) in [5, 5.41) is 34.1. The van der Waals surface area contributed by atoms with Crippen molar-refractivity contribution in [1.29, 1.82) is 0 Å². The van der Waals surface area contributed by atoms with Gasteiger partial charge in [-0.15, -0.1) is 0 Å². The van der Waals surface area contributed by atoms with E-state index in [2.05, 4.69) is 10.5 Å². The van der Waals surface area contributed by atoms with Gasteiger partial charge < -0.3 is 14.9 Å². The summed E-state index contributed by atoms with van der Waals surface area (Å²) in [5.41, 5.74) is 2.76. The first-order chi connectivity index (χ1) is 10.9. The molecule has 2 rings (SSSR count). The van der Waals surface area contributed by atoms with E-state index in [1.54, 1.807) is 18.2 Å². The van der Waals surface area contributed by atoms with Crippen LogP contribution in [-0.4, -0.2) is 28.5 Å². The maximum atomic E-state index is 10.8. The Morgan fingerprint density at radius 2 is 2.04 bits per heavy atom. The van der Waals surface area contributed by atoms with E-state index in [4.69, 9.17) is 16.3 Å². The van der Waals surface area contributed by atoms with E-state index in [1.165, 1.54) is 13.3 Å². The monoisotopic (exact) mass is 337 g/mol. The molecule has 0 amide bonds. The number of benzene rings is 2. The van der Waals surface area contributed by atoms with Gasteiger partial charge in [0.1, 0.15) is 11.5 Å². The van der Waals surface area contributed by atoms with Crippen molar-refractivity contribution in [1.82, 2.24) is 0 Å². The number of phenols is 2. The van der Waals surface area contributed by atoms with Crippen LogP contribution in [0.15, 0.2) is 35.4 Å². The van der Waals surface area contributed by atoms with Gasteiger partial charge in [0.25, 0.3) is 0 Å². The molecule has 0 aliphatic heterocycles. The molecule has 0 fully saturated rings. The van der Waals surface area contributed by atoms with E-state index in [0.717, 1.165) is 12.1 Å². The molecule has 0 aromatic heterocycles. The molecule has 9 heteroatoms. The quantitative estimate of drug-likeness (QED) is 0.438. The highest BCUT2D eigenvalue weighted by Gasteiger charge is 2.16. The zero-order chi connectivity index (χ0) is 17.0. The number of anilines is 1. The second kappa shape index (κ2) is 6.84. The van der Waals surface area contributed by atoms with Crippen LogP contribution in [0.3, 0.4) is 0 Å². The van der Waals surface area contributed by atoms with Gasteiger partial charge in [-0.3, -0.25) is 15.5 Å². The number of halogens is 1. The molecule has 120 valence electrons. The van der Waals surface area contributed by atoms with Crippen LogP contribution in [0.2, 0.25) is 5.02 Å². The predicted octanol–water partition coefficient (Wildman–Crippen LogP) is 3.11. The van der Waals surface area contributed by atoms with Crippen LogP contribution in [0, 0.1) is 10.1 Å². The molecule has 2 aromatic rings. The molecule has 2 aromatic carbocycles. The van der Waals surface area contributed by atoms with Gasteiger partial charge in [-0.2, -0.15) is 5.10 Å². The summed E-state index contributed by atoms with van der Waals surface area (Å²) in [6, 6.07) is 6.78. The molecule has 0 spiro atoms. The Morgan fingerprint density at radius 1 is 1.30 bits per heavy atom. The number of phenolic OH excluding ortho intramolecular Hbond substituents is 2. The highest BCUT2D eigenvalue weighted by Crippen LogP contribution is 2.32. The summed E-state index contributed by atoms with van der Waals surface area (Å²) in [6.07, 6.45) is 1.18. The molecule has 23 heavy (non-hydrogen) atoms. The van der Waals surface area contributed by atoms with E-state index in [9.17, 15) is 20.3 Å². The summed E-state index contributed by atoms with van der Waals surface area (Å²) >= 11 is 5.96. The molecular weight excluding hydrogens is 326 g/mol. The average molecular weight is 338 g/mol. The third-order valence-corrected chi connectivity index (χ3v) is 3.17. The molecule has 0 bridgehead atoms. The lowest BCUT2D eigenvalue weighted by atomic mass is 10.2. The number of hydrazone groups is 1. The van der Waals surface area contributed by atoms with Crippen LogP contribution < -0.4 is 10.2 Å². The Bertz CT molecular complexity index is 779. The largest absolute Gasteiger partial charge is 0.507 e. The molecule has 0 heterocycles. The number of rotatable bonds is 5. The van der Waals surface area contributed by atoms with Gasteiger partial charge >= 0.3 is 5.69 Å². The van der Waals surface area contributed by atoms with E-state index < -0.39 is 16.4 Å². The Kier molecular flexibility index (Phi) is 4.87. The fourth-order valence-electron chi connectivity index (χ4n) is 1.74. The number of nitro benzene ring substituents is 1. The van der Waals surface area contributed by atoms with Crippen molar-refractivity contribution >= 4 is 29.2 Å². The number of hydrogen-bond acceptors (Lipinski definition) is 7. The minimum atomic E-state index is -0.761. The molecule has 3 N–H and O–H groups in total. The van der Waals surface area contributed by atoms with Crippen molar-refractivity contribution in [2.75, 3.05) is 12.5 Å². The van der Waals surface area contributed by atoms with Gasteiger partial charge in [0, 0.05) is 17.7 Å². The maximum absolute atomic E-state index is 10.8. The Morgan fingerprint density at radius 3 is 2.65 bits per heavy atom. The van der Waals surface area contributed by atoms with Crippen LogP contribution in [0.25, 0.3) is 0 Å². The van der Waals surface area contributed by atoms with Crippen LogP contribution >= 0.6 is 11.6 Å². The Balaban J connectivity index is 2.19. The zero-order valence-corrected chi connectivity index (χ0v) is 12.6. The second-order valence-corrected chi connectivity index (χ2v) is 4.78. The Hall–Kier alpha value is -3.00. The van der Waals surface area contributed by atoms with Crippen molar-refractivity contribution in [3.8, 4) is 17.2 Å². The van der Waals surface area contributed by atoms with Crippen molar-refractivity contribution in [3.05, 3.63) is 51.0 Å². The highest BCUT2D eigenvalue weighted by atomic mass is 35.5. The number of nitrogens with zero attached hydrogens (tertiary/aromatic N) is 2. The molecule has 0 radical (unpaired) electrons. The van der Waals surface area contributed by atoms with Crippen molar-refractivity contribution < 1.29 is 19.9 Å². The predicted molar refractivity (Wildman–Crippen MR) is 85.6 cm³/mol. The summed E-state index contributed by atoms with van der Waals surface area (Å²) < 4.78 is 5.02. The molecule has 0 aliphatic carbocycles. The van der Waals surface area contributed by atoms with Crippen LogP contribution in [0.5, 0.6) is 17.2 Å². The SMILES string of the molecule is COc1ccc(N/N=C/c2cc([N+](=O)[O-])c(O)cc2O)cc1Cl. The van der Waals surface area contributed by atoms with Gasteiger partial charge in [0.15, 0.2) is 5.75 Å². The van der Waals surface area contributed by atoms with E-state index >= 15 is 0 Å². The van der Waals surface area contributed by atoms with Crippen LogP contribution in [0.4, 0.5) is 11.4 Å². The van der Waals surface area contributed by atoms with Crippen molar-refractivity contribution in [2.45, 2.75) is 0 Å². The summed E-state index contributed by atoms with van der Waals surface area (Å²) in [4.78, 5) is 9.99. The third-order valence-electron chi connectivity index (χ3n) is 2.87. The fourth-order valence-corrected chi connectivity index (χ4v) is 2.00. The molecular formula is C14H12ClN3O5. The van der Waals surface area contributed by atoms with Gasteiger partial charge in [0.05, 0.1) is 29.0 Å². The van der Waals surface area contributed by atoms with E-state index in [1.807, 2.05) is 0 Å². The number of methoxy groups -OCH3 is 1. The lowest BCUT2D eigenvalue weighted by Gasteiger charge is -2.05. The minimum Gasteiger partial charge on any atom is -0.507 e. The zero-order valence-electron chi connectivity index (χ0n) is 11.9. The number of ether oxygens (including phenoxy) is 1. The molecule has 0 aliphatic rings. The lowest BCUT2D eigenvalue weighted by Crippen LogP contribution is -1.94. The number of hydrogen-bond donors (Lipinski definition) is 3. The smallest absolute Gasteiger partial charge is 0.311 e. The maximum Gasteiger partial charge on any atom is 0.311 e. The van der Waals surface area contributed by atoms with Gasteiger partial charge in [-0.05, 0) is 18.2 Å². The third kappa shape index (κ3) is 3.80. The summed E-state index contributed by atoms with van der Waals surface area (Å²) in [6.45, 7) is 0. The normalized spacial score (nSPS) is 10.7. The molecule has 0 saturated heterocycles. The molecule has 0 unspecified atom stereocenters. The second-order valence-electron chi connectivity index (χ2n) is 4.38. The molecule has 0 atom stereocenters. The summed E-state index contributed by atoms with van der Waals surface area (Å²) in [7, 11) is 1.49. The topological polar surface area (TPSA) is 117 Å². The number of nitro groups is 1. The van der Waals surface area contributed by atoms with E-state index in [0.29, 0.717) is 16.5 Å². The first-order valence-electron chi connectivity index (χ1n) is 6.25. The minimum absolute atomic E-state index is 0.0709. The average Bonchev–Trinajstić information content (AvgIpc) is 2.49. The van der Waals surface area contributed by atoms with Gasteiger partial charge in [-0.1, -0.05) is 11.6 Å². The standard InChI is InChI=1S/C14H12ClN3O5/c1-23-14-3-2-9(5-10(14)15)17-16-7-8-4-11(18(21)22)13(20)6-12(8)19/h2-7,17,19-20H,1H3/b16-7+. The van der Waals surface area contributed by atoms with Crippen molar-refractivity contribution in [3.63, 3.8) is 0 Å². The molecule has 8 nitrogen and oxygen atoms in total. The van der Waals surface area contributed by atoms with Crippen molar-refractivity contribution in [2.24, 2.45) is 5.10 Å². The molecule has 0 saturated carbocycles. The van der Waals surface area contributed by atoms with Crippen LogP contribution in [0.1, 0.15) is 5.56 Å². The Labute approximate surface area is 135 Å². The van der Waals surface area contributed by atoms with Crippen LogP contribution in [-0.2, 0) is 0 Å². The highest BCUT2D eigenvalue weighted by molar-refractivity contribution is 6.32. The first-order valence-corrected chi connectivity index (χ1v) is 6.63. The van der Waals surface area contributed by atoms with E-state index in [-0.39, 0.29) is 11.3 Å². The van der Waals surface area contributed by atoms with Gasteiger partial charge in [-0.25, -0.2) is 0 Å². The lowest BCUT2D eigenvalue weighted by molar-refractivity contribution is -0.385. The fraction of sp³-hybridized carbons (Fsp3) is 0.0714. The summed E-state index contributed by atoms with van der Waals surface area (Å²) in [5.74, 6) is -0.459. The number of nitrogens with one attached hydrogen (secondary N) is 1. The first kappa shape index (κ1) is 16.4. The van der Waals surface area contributed by atoms with Gasteiger partial charge in [0.2, 0.25) is 0 Å². The number of aromatic hydroxyl groups is 2.